The Kier molecular flexibility index (Phi) is 5.03. The van der Waals surface area contributed by atoms with E-state index in [1.807, 2.05) is 23.6 Å². The normalized spacial score (nSPS) is 11.9. The van der Waals surface area contributed by atoms with Crippen molar-refractivity contribution in [3.05, 3.63) is 64.1 Å². The lowest BCUT2D eigenvalue weighted by atomic mass is 10.2. The SMILES string of the molecule is OC(O)/C=C/c1csc(C/C=C/c2ccccc2)n1. The molecule has 0 radical (unpaired) electrons. The Bertz CT molecular complexity index is 559. The molecule has 2 aromatic rings. The van der Waals surface area contributed by atoms with Crippen molar-refractivity contribution in [2.45, 2.75) is 12.7 Å². The number of thiazole rings is 1. The third-order valence-corrected chi connectivity index (χ3v) is 3.30. The monoisotopic (exact) mass is 273 g/mol. The van der Waals surface area contributed by atoms with E-state index in [1.54, 1.807) is 17.4 Å². The zero-order valence-electron chi connectivity index (χ0n) is 10.3. The molecule has 0 aliphatic carbocycles. The zero-order valence-corrected chi connectivity index (χ0v) is 11.1. The van der Waals surface area contributed by atoms with Gasteiger partial charge in [-0.05, 0) is 17.7 Å². The third kappa shape index (κ3) is 4.79. The van der Waals surface area contributed by atoms with Crippen LogP contribution in [0.4, 0.5) is 0 Å². The minimum Gasteiger partial charge on any atom is -0.365 e. The molecule has 0 aliphatic rings. The molecule has 3 nitrogen and oxygen atoms in total. The number of aromatic nitrogens is 1. The van der Waals surface area contributed by atoms with Crippen LogP contribution in [0.15, 0.2) is 47.9 Å². The number of rotatable bonds is 5. The maximum Gasteiger partial charge on any atom is 0.171 e. The minimum absolute atomic E-state index is 0.751. The van der Waals surface area contributed by atoms with Crippen LogP contribution in [0.25, 0.3) is 12.2 Å². The quantitative estimate of drug-likeness (QED) is 0.824. The highest BCUT2D eigenvalue weighted by atomic mass is 32.1. The van der Waals surface area contributed by atoms with E-state index in [2.05, 4.69) is 29.3 Å². The lowest BCUT2D eigenvalue weighted by Gasteiger charge is -1.91. The Morgan fingerprint density at radius 2 is 1.95 bits per heavy atom. The Morgan fingerprint density at radius 3 is 2.68 bits per heavy atom. The highest BCUT2D eigenvalue weighted by Crippen LogP contribution is 2.13. The summed E-state index contributed by atoms with van der Waals surface area (Å²) in [7, 11) is 0. The summed E-state index contributed by atoms with van der Waals surface area (Å²) in [5.41, 5.74) is 1.92. The molecular weight excluding hydrogens is 258 g/mol. The number of benzene rings is 1. The largest absolute Gasteiger partial charge is 0.365 e. The van der Waals surface area contributed by atoms with Crippen LogP contribution >= 0.6 is 11.3 Å². The van der Waals surface area contributed by atoms with Gasteiger partial charge in [-0.2, -0.15) is 0 Å². The Morgan fingerprint density at radius 1 is 1.16 bits per heavy atom. The second-order valence-electron chi connectivity index (χ2n) is 3.96. The molecule has 98 valence electrons. The summed E-state index contributed by atoms with van der Waals surface area (Å²) in [4.78, 5) is 4.37. The molecule has 19 heavy (non-hydrogen) atoms. The first-order chi connectivity index (χ1) is 9.24. The van der Waals surface area contributed by atoms with Crippen molar-refractivity contribution in [1.29, 1.82) is 0 Å². The molecule has 1 aromatic carbocycles. The van der Waals surface area contributed by atoms with Gasteiger partial charge >= 0.3 is 0 Å². The van der Waals surface area contributed by atoms with Crippen molar-refractivity contribution in [2.75, 3.05) is 0 Å². The van der Waals surface area contributed by atoms with E-state index in [1.165, 1.54) is 11.6 Å². The number of hydrogen-bond donors (Lipinski definition) is 2. The summed E-state index contributed by atoms with van der Waals surface area (Å²) >= 11 is 1.56. The molecule has 0 saturated carbocycles. The van der Waals surface area contributed by atoms with Gasteiger partial charge in [0.05, 0.1) is 10.7 Å². The van der Waals surface area contributed by atoms with E-state index < -0.39 is 6.29 Å². The molecule has 0 bridgehead atoms. The van der Waals surface area contributed by atoms with Crippen LogP contribution in [0, 0.1) is 0 Å². The fourth-order valence-corrected chi connectivity index (χ4v) is 2.28. The molecule has 0 spiro atoms. The highest BCUT2D eigenvalue weighted by Gasteiger charge is 1.98. The molecule has 0 atom stereocenters. The second kappa shape index (κ2) is 6.99. The van der Waals surface area contributed by atoms with Gasteiger partial charge in [0.1, 0.15) is 0 Å². The van der Waals surface area contributed by atoms with E-state index >= 15 is 0 Å². The van der Waals surface area contributed by atoms with E-state index in [0.717, 1.165) is 17.1 Å². The third-order valence-electron chi connectivity index (χ3n) is 2.41. The second-order valence-corrected chi connectivity index (χ2v) is 4.90. The molecule has 0 saturated heterocycles. The lowest BCUT2D eigenvalue weighted by molar-refractivity contribution is 0.00303. The Labute approximate surface area is 116 Å². The number of allylic oxidation sites excluding steroid dienone is 1. The summed E-state index contributed by atoms with van der Waals surface area (Å²) in [6, 6.07) is 10.1. The molecular formula is C15H15NO2S. The van der Waals surface area contributed by atoms with Gasteiger partial charge in [0.15, 0.2) is 6.29 Å². The first kappa shape index (κ1) is 13.7. The van der Waals surface area contributed by atoms with Crippen LogP contribution in [-0.4, -0.2) is 21.5 Å². The zero-order chi connectivity index (χ0) is 13.5. The maximum atomic E-state index is 8.72. The van der Waals surface area contributed by atoms with Gasteiger partial charge < -0.3 is 10.2 Å². The van der Waals surface area contributed by atoms with Crippen molar-refractivity contribution >= 4 is 23.5 Å². The van der Waals surface area contributed by atoms with Crippen LogP contribution in [0.5, 0.6) is 0 Å². The first-order valence-corrected chi connectivity index (χ1v) is 6.82. The summed E-state index contributed by atoms with van der Waals surface area (Å²) in [5, 5.41) is 20.3. The molecule has 2 N–H and O–H groups in total. The summed E-state index contributed by atoms with van der Waals surface area (Å²) in [6.45, 7) is 0. The van der Waals surface area contributed by atoms with Crippen molar-refractivity contribution in [2.24, 2.45) is 0 Å². The molecule has 0 fully saturated rings. The molecule has 0 aliphatic heterocycles. The maximum absolute atomic E-state index is 8.72. The van der Waals surface area contributed by atoms with Gasteiger partial charge in [-0.25, -0.2) is 4.98 Å². The molecule has 0 unspecified atom stereocenters. The van der Waals surface area contributed by atoms with Crippen molar-refractivity contribution in [1.82, 2.24) is 4.98 Å². The van der Waals surface area contributed by atoms with Gasteiger partial charge in [0.2, 0.25) is 0 Å². The van der Waals surface area contributed by atoms with Crippen molar-refractivity contribution < 1.29 is 10.2 Å². The highest BCUT2D eigenvalue weighted by molar-refractivity contribution is 7.09. The van der Waals surface area contributed by atoms with Gasteiger partial charge in [-0.15, -0.1) is 11.3 Å². The van der Waals surface area contributed by atoms with Crippen LogP contribution in [0.1, 0.15) is 16.3 Å². The summed E-state index contributed by atoms with van der Waals surface area (Å²) in [5.74, 6) is 0. The average molecular weight is 273 g/mol. The van der Waals surface area contributed by atoms with Crippen LogP contribution in [0.2, 0.25) is 0 Å². The number of aliphatic hydroxyl groups is 2. The predicted octanol–water partition coefficient (Wildman–Crippen LogP) is 2.72. The van der Waals surface area contributed by atoms with E-state index in [-0.39, 0.29) is 0 Å². The Balaban J connectivity index is 1.92. The van der Waals surface area contributed by atoms with E-state index in [0.29, 0.717) is 0 Å². The first-order valence-electron chi connectivity index (χ1n) is 5.94. The van der Waals surface area contributed by atoms with Gasteiger partial charge in [0, 0.05) is 11.8 Å². The van der Waals surface area contributed by atoms with Crippen LogP contribution < -0.4 is 0 Å². The fraction of sp³-hybridized carbons (Fsp3) is 0.133. The van der Waals surface area contributed by atoms with E-state index in [9.17, 15) is 0 Å². The average Bonchev–Trinajstić information content (AvgIpc) is 2.86. The molecule has 2 rings (SSSR count). The van der Waals surface area contributed by atoms with Gasteiger partial charge in [0.25, 0.3) is 0 Å². The fourth-order valence-electron chi connectivity index (χ4n) is 1.54. The Hall–Kier alpha value is -1.75. The molecule has 0 amide bonds. The smallest absolute Gasteiger partial charge is 0.171 e. The van der Waals surface area contributed by atoms with E-state index in [4.69, 9.17) is 10.2 Å². The molecule has 4 heteroatoms. The summed E-state index contributed by atoms with van der Waals surface area (Å²) < 4.78 is 0. The lowest BCUT2D eigenvalue weighted by Crippen LogP contribution is -1.96. The standard InChI is InChI=1S/C15H15NO2S/c17-15(18)10-9-13-11-19-14(16-13)8-4-7-12-5-2-1-3-6-12/h1-7,9-11,15,17-18H,8H2/b7-4+,10-9+. The van der Waals surface area contributed by atoms with Crippen LogP contribution in [-0.2, 0) is 6.42 Å². The predicted molar refractivity (Wildman–Crippen MR) is 78.6 cm³/mol. The van der Waals surface area contributed by atoms with Gasteiger partial charge in [-0.3, -0.25) is 0 Å². The van der Waals surface area contributed by atoms with Crippen LogP contribution in [0.3, 0.4) is 0 Å². The molecule has 1 heterocycles. The topological polar surface area (TPSA) is 53.4 Å². The number of aliphatic hydroxyl groups excluding tert-OH is 1. The van der Waals surface area contributed by atoms with Crippen molar-refractivity contribution in [3.63, 3.8) is 0 Å². The van der Waals surface area contributed by atoms with Crippen molar-refractivity contribution in [3.8, 4) is 0 Å². The summed E-state index contributed by atoms with van der Waals surface area (Å²) in [6.07, 6.45) is 6.37. The minimum atomic E-state index is -1.43. The number of hydrogen-bond acceptors (Lipinski definition) is 4. The van der Waals surface area contributed by atoms with Gasteiger partial charge in [-0.1, -0.05) is 42.5 Å². The number of nitrogens with zero attached hydrogens (tertiary/aromatic N) is 1. The molecule has 1 aromatic heterocycles.